The Kier molecular flexibility index (Phi) is 4.09. The third-order valence-corrected chi connectivity index (χ3v) is 4.57. The van der Waals surface area contributed by atoms with Crippen LogP contribution >= 0.6 is 0 Å². The molecule has 140 valence electrons. The number of carbonyl (C=O) groups is 1. The summed E-state index contributed by atoms with van der Waals surface area (Å²) < 4.78 is 5.26. The molecule has 29 heavy (non-hydrogen) atoms. The number of ether oxygens (including phenoxy) is 1. The molecule has 5 aliphatic rings. The number of hydrogen-bond donors (Lipinski definition) is 0. The van der Waals surface area contributed by atoms with E-state index in [1.807, 2.05) is 54.7 Å². The molecule has 0 aromatic carbocycles. The van der Waals surface area contributed by atoms with Crippen LogP contribution in [0.1, 0.15) is 6.92 Å². The molecule has 6 heteroatoms. The molecule has 6 nitrogen and oxygen atoms in total. The Labute approximate surface area is 167 Å². The summed E-state index contributed by atoms with van der Waals surface area (Å²) >= 11 is 0. The fourth-order valence-corrected chi connectivity index (χ4v) is 3.30. The highest BCUT2D eigenvalue weighted by Gasteiger charge is 2.24. The van der Waals surface area contributed by atoms with E-state index in [-0.39, 0.29) is 6.61 Å². The molecule has 0 saturated heterocycles. The SMILES string of the molecule is CCOC(=O)C1=C2C=CC(=N2)C=C2C=CC(=N2)C=C2C=CC(=N2)C=C2C=CC1=N2. The maximum atomic E-state index is 12.7. The normalized spacial score (nSPS) is 20.9. The van der Waals surface area contributed by atoms with E-state index in [0.717, 1.165) is 22.8 Å². The number of carbonyl (C=O) groups excluding carboxylic acids is 1. The minimum Gasteiger partial charge on any atom is -0.462 e. The summed E-state index contributed by atoms with van der Waals surface area (Å²) in [5.41, 5.74) is 6.06. The van der Waals surface area contributed by atoms with Crippen molar-refractivity contribution in [3.8, 4) is 0 Å². The molecule has 5 aliphatic heterocycles. The van der Waals surface area contributed by atoms with Crippen LogP contribution in [0.4, 0.5) is 0 Å². The smallest absolute Gasteiger partial charge is 0.342 e. The van der Waals surface area contributed by atoms with Crippen molar-refractivity contribution in [1.29, 1.82) is 0 Å². The molecule has 0 aromatic rings. The van der Waals surface area contributed by atoms with Crippen LogP contribution < -0.4 is 0 Å². The van der Waals surface area contributed by atoms with Crippen molar-refractivity contribution in [2.24, 2.45) is 20.0 Å². The zero-order valence-electron chi connectivity index (χ0n) is 15.7. The first-order valence-electron chi connectivity index (χ1n) is 9.32. The highest BCUT2D eigenvalue weighted by molar-refractivity contribution is 6.27. The molecule has 0 unspecified atom stereocenters. The quantitative estimate of drug-likeness (QED) is 0.688. The molecule has 5 rings (SSSR count). The predicted octanol–water partition coefficient (Wildman–Crippen LogP) is 3.51. The second kappa shape index (κ2) is 6.91. The Morgan fingerprint density at radius 1 is 0.724 bits per heavy atom. The van der Waals surface area contributed by atoms with Gasteiger partial charge in [0, 0.05) is 0 Å². The molecule has 0 aliphatic carbocycles. The van der Waals surface area contributed by atoms with Crippen LogP contribution in [-0.4, -0.2) is 35.4 Å². The van der Waals surface area contributed by atoms with Crippen LogP contribution in [0.15, 0.2) is 115 Å². The fraction of sp³-hybridized carbons (Fsp3) is 0.0870. The highest BCUT2D eigenvalue weighted by Crippen LogP contribution is 2.24. The van der Waals surface area contributed by atoms with Crippen molar-refractivity contribution < 1.29 is 9.53 Å². The van der Waals surface area contributed by atoms with Gasteiger partial charge in [-0.3, -0.25) is 0 Å². The van der Waals surface area contributed by atoms with E-state index in [1.165, 1.54) is 0 Å². The van der Waals surface area contributed by atoms with Gasteiger partial charge in [0.15, 0.2) is 0 Å². The lowest BCUT2D eigenvalue weighted by Crippen LogP contribution is -2.15. The van der Waals surface area contributed by atoms with Gasteiger partial charge in [0.1, 0.15) is 5.57 Å². The Morgan fingerprint density at radius 2 is 1.28 bits per heavy atom. The molecular weight excluding hydrogens is 364 g/mol. The number of aliphatic imine (C=N–C) groups is 4. The molecule has 0 saturated carbocycles. The van der Waals surface area contributed by atoms with Gasteiger partial charge in [-0.25, -0.2) is 24.8 Å². The average molecular weight is 380 g/mol. The lowest BCUT2D eigenvalue weighted by molar-refractivity contribution is -0.137. The van der Waals surface area contributed by atoms with E-state index >= 15 is 0 Å². The maximum Gasteiger partial charge on any atom is 0.342 e. The summed E-state index contributed by atoms with van der Waals surface area (Å²) in [4.78, 5) is 31.0. The zero-order chi connectivity index (χ0) is 19.8. The fourth-order valence-electron chi connectivity index (χ4n) is 3.30. The van der Waals surface area contributed by atoms with Crippen molar-refractivity contribution in [2.45, 2.75) is 6.92 Å². The first-order valence-corrected chi connectivity index (χ1v) is 9.32. The van der Waals surface area contributed by atoms with Crippen molar-refractivity contribution in [3.63, 3.8) is 0 Å². The first kappa shape index (κ1) is 17.2. The Morgan fingerprint density at radius 3 is 1.93 bits per heavy atom. The number of hydrogen-bond acceptors (Lipinski definition) is 6. The van der Waals surface area contributed by atoms with Gasteiger partial charge in [0.2, 0.25) is 0 Å². The molecule has 8 bridgehead atoms. The Bertz CT molecular complexity index is 1210. The lowest BCUT2D eigenvalue weighted by atomic mass is 10.1. The van der Waals surface area contributed by atoms with Gasteiger partial charge >= 0.3 is 5.97 Å². The maximum absolute atomic E-state index is 12.7. The zero-order valence-corrected chi connectivity index (χ0v) is 15.7. The first-order chi connectivity index (χ1) is 14.2. The van der Waals surface area contributed by atoms with Crippen LogP contribution in [0.5, 0.6) is 0 Å². The van der Waals surface area contributed by atoms with Gasteiger partial charge < -0.3 is 4.74 Å². The highest BCUT2D eigenvalue weighted by atomic mass is 16.5. The second-order valence-corrected chi connectivity index (χ2v) is 6.63. The number of esters is 1. The van der Waals surface area contributed by atoms with Crippen molar-refractivity contribution in [2.75, 3.05) is 6.61 Å². The molecule has 5 heterocycles. The molecule has 0 amide bonds. The van der Waals surface area contributed by atoms with E-state index in [1.54, 1.807) is 19.1 Å². The third kappa shape index (κ3) is 3.36. The van der Waals surface area contributed by atoms with E-state index in [2.05, 4.69) is 20.0 Å². The molecule has 0 fully saturated rings. The largest absolute Gasteiger partial charge is 0.462 e. The summed E-state index contributed by atoms with van der Waals surface area (Å²) in [7, 11) is 0. The van der Waals surface area contributed by atoms with Crippen LogP contribution in [0, 0.1) is 0 Å². The van der Waals surface area contributed by atoms with Gasteiger partial charge in [-0.05, 0) is 73.8 Å². The number of allylic oxidation sites excluding steroid dienone is 11. The van der Waals surface area contributed by atoms with Gasteiger partial charge in [-0.15, -0.1) is 0 Å². The van der Waals surface area contributed by atoms with Gasteiger partial charge in [0.05, 0.1) is 52.2 Å². The molecule has 0 aromatic heterocycles. The van der Waals surface area contributed by atoms with E-state index in [0.29, 0.717) is 28.4 Å². The molecule has 0 radical (unpaired) electrons. The average Bonchev–Trinajstić information content (AvgIpc) is 3.47. The van der Waals surface area contributed by atoms with Crippen molar-refractivity contribution in [3.05, 3.63) is 95.2 Å². The van der Waals surface area contributed by atoms with Crippen LogP contribution in [0.25, 0.3) is 0 Å². The number of fused-ring (bicyclic) bond motifs is 4. The minimum absolute atomic E-state index is 0.276. The predicted molar refractivity (Wildman–Crippen MR) is 114 cm³/mol. The van der Waals surface area contributed by atoms with E-state index < -0.39 is 5.97 Å². The molecular formula is C23H16N4O2. The lowest BCUT2D eigenvalue weighted by Gasteiger charge is -2.07. The summed E-state index contributed by atoms with van der Waals surface area (Å²) in [6, 6.07) is 0. The molecule has 0 spiro atoms. The van der Waals surface area contributed by atoms with Crippen molar-refractivity contribution in [1.82, 2.24) is 0 Å². The summed E-state index contributed by atoms with van der Waals surface area (Å²) in [5.74, 6) is -0.444. The summed E-state index contributed by atoms with van der Waals surface area (Å²) in [6.07, 6.45) is 20.7. The minimum atomic E-state index is -0.444. The number of nitrogens with zero attached hydrogens (tertiary/aromatic N) is 4. The standard InChI is InChI=1S/C23H16N4O2/c1-2-29-23(28)22-20-9-7-18(26-20)12-16-5-3-14(24-16)11-15-4-6-17(25-15)13-19-8-10-21(22)27-19/h3-13H,2H2,1H3. The number of rotatable bonds is 2. The van der Waals surface area contributed by atoms with Crippen LogP contribution in [0.2, 0.25) is 0 Å². The third-order valence-electron chi connectivity index (χ3n) is 4.57. The van der Waals surface area contributed by atoms with Crippen molar-refractivity contribution >= 4 is 28.8 Å². The molecule has 0 atom stereocenters. The van der Waals surface area contributed by atoms with Gasteiger partial charge in [-0.2, -0.15) is 0 Å². The Hall–Kier alpha value is -3.93. The second-order valence-electron chi connectivity index (χ2n) is 6.63. The van der Waals surface area contributed by atoms with E-state index in [9.17, 15) is 4.79 Å². The topological polar surface area (TPSA) is 75.7 Å². The molecule has 0 N–H and O–H groups in total. The van der Waals surface area contributed by atoms with Crippen LogP contribution in [0.3, 0.4) is 0 Å². The summed E-state index contributed by atoms with van der Waals surface area (Å²) in [5, 5.41) is 0. The summed E-state index contributed by atoms with van der Waals surface area (Å²) in [6.45, 7) is 2.05. The monoisotopic (exact) mass is 380 g/mol. The van der Waals surface area contributed by atoms with E-state index in [4.69, 9.17) is 4.74 Å². The Balaban J connectivity index is 1.68. The van der Waals surface area contributed by atoms with Crippen LogP contribution in [-0.2, 0) is 9.53 Å². The van der Waals surface area contributed by atoms with Gasteiger partial charge in [0.25, 0.3) is 0 Å². The van der Waals surface area contributed by atoms with Gasteiger partial charge in [-0.1, -0.05) is 0 Å².